The van der Waals surface area contributed by atoms with Crippen LogP contribution < -0.4 is 27.4 Å². The Morgan fingerprint density at radius 3 is 1.91 bits per heavy atom. The Morgan fingerprint density at radius 2 is 1.42 bits per heavy atom. The third-order valence-corrected chi connectivity index (χ3v) is 4.60. The summed E-state index contributed by atoms with van der Waals surface area (Å²) in [5.41, 5.74) is 11.3. The monoisotopic (exact) mass is 467 g/mol. The largest absolute Gasteiger partial charge is 0.508 e. The summed E-state index contributed by atoms with van der Waals surface area (Å²) in [6, 6.07) is 0.266. The number of nitrogens with one attached hydrogen (secondary N) is 3. The maximum atomic E-state index is 12.9. The molecule has 0 saturated heterocycles. The summed E-state index contributed by atoms with van der Waals surface area (Å²) in [4.78, 5) is 60.0. The number of aromatic hydroxyl groups is 1. The van der Waals surface area contributed by atoms with E-state index in [0.717, 1.165) is 0 Å². The molecule has 5 atom stereocenters. The van der Waals surface area contributed by atoms with E-state index in [-0.39, 0.29) is 12.2 Å². The molecule has 0 aliphatic carbocycles. The number of phenols is 1. The van der Waals surface area contributed by atoms with Crippen molar-refractivity contribution in [1.82, 2.24) is 16.0 Å². The van der Waals surface area contributed by atoms with Gasteiger partial charge >= 0.3 is 5.97 Å². The van der Waals surface area contributed by atoms with Crippen LogP contribution in [0, 0.1) is 0 Å². The molecule has 0 aromatic heterocycles. The van der Waals surface area contributed by atoms with Gasteiger partial charge in [0, 0.05) is 6.42 Å². The fourth-order valence-electron chi connectivity index (χ4n) is 2.62. The van der Waals surface area contributed by atoms with Crippen molar-refractivity contribution in [2.24, 2.45) is 11.5 Å². The Bertz CT molecular complexity index is 874. The van der Waals surface area contributed by atoms with E-state index in [1.807, 2.05) is 0 Å². The zero-order valence-corrected chi connectivity index (χ0v) is 18.1. The number of carboxylic acid groups (broad SMARTS) is 1. The standard InChI is InChI=1S/C20H29N5O8/c1-9(20(32)33)23-17(29)14(8-15(21)28)24-18(30)13(25-19(31)16(22)10(2)26)7-11-3-5-12(27)6-4-11/h3-6,9-10,13-14,16,26-27H,7-8,22H2,1-2H3,(H2,21,28)(H,23,29)(H,24,30)(H,25,31)(H,32,33). The van der Waals surface area contributed by atoms with Crippen molar-refractivity contribution in [3.8, 4) is 5.75 Å². The van der Waals surface area contributed by atoms with Crippen LogP contribution in [-0.4, -0.2) is 75.2 Å². The van der Waals surface area contributed by atoms with Crippen molar-refractivity contribution in [2.75, 3.05) is 0 Å². The molecule has 5 unspecified atom stereocenters. The lowest BCUT2D eigenvalue weighted by molar-refractivity contribution is -0.142. The Kier molecular flexibility index (Phi) is 10.2. The van der Waals surface area contributed by atoms with Gasteiger partial charge < -0.3 is 42.7 Å². The number of hydrogen-bond donors (Lipinski definition) is 8. The second-order valence-corrected chi connectivity index (χ2v) is 7.50. The lowest BCUT2D eigenvalue weighted by atomic mass is 10.0. The first-order valence-corrected chi connectivity index (χ1v) is 9.95. The molecule has 0 aliphatic heterocycles. The third-order valence-electron chi connectivity index (χ3n) is 4.60. The predicted octanol–water partition coefficient (Wildman–Crippen LogP) is -2.92. The van der Waals surface area contributed by atoms with Gasteiger partial charge in [0.1, 0.15) is 29.9 Å². The van der Waals surface area contributed by atoms with Gasteiger partial charge in [0.15, 0.2) is 0 Å². The summed E-state index contributed by atoms with van der Waals surface area (Å²) in [7, 11) is 0. The van der Waals surface area contributed by atoms with Gasteiger partial charge in [0.2, 0.25) is 23.6 Å². The van der Waals surface area contributed by atoms with Crippen molar-refractivity contribution < 1.29 is 39.3 Å². The molecule has 0 saturated carbocycles. The van der Waals surface area contributed by atoms with Crippen LogP contribution in [0.3, 0.4) is 0 Å². The average molecular weight is 467 g/mol. The van der Waals surface area contributed by atoms with Crippen molar-refractivity contribution in [2.45, 2.75) is 57.0 Å². The number of nitrogens with two attached hydrogens (primary N) is 2. The highest BCUT2D eigenvalue weighted by Gasteiger charge is 2.31. The molecule has 33 heavy (non-hydrogen) atoms. The van der Waals surface area contributed by atoms with Crippen LogP contribution in [0.4, 0.5) is 0 Å². The summed E-state index contributed by atoms with van der Waals surface area (Å²) in [6.07, 6.45) is -1.94. The van der Waals surface area contributed by atoms with E-state index in [2.05, 4.69) is 16.0 Å². The first-order valence-electron chi connectivity index (χ1n) is 9.95. The summed E-state index contributed by atoms with van der Waals surface area (Å²) in [6.45, 7) is 2.48. The van der Waals surface area contributed by atoms with E-state index < -0.39 is 66.3 Å². The van der Waals surface area contributed by atoms with E-state index in [1.54, 1.807) is 0 Å². The average Bonchev–Trinajstić information content (AvgIpc) is 2.72. The second kappa shape index (κ2) is 12.4. The van der Waals surface area contributed by atoms with Crippen LogP contribution in [-0.2, 0) is 30.4 Å². The number of carbonyl (C=O) groups excluding carboxylic acids is 4. The summed E-state index contributed by atoms with van der Waals surface area (Å²) >= 11 is 0. The van der Waals surface area contributed by atoms with Gasteiger partial charge in [-0.05, 0) is 31.5 Å². The number of benzene rings is 1. The summed E-state index contributed by atoms with van der Waals surface area (Å²) < 4.78 is 0. The number of primary amides is 1. The van der Waals surface area contributed by atoms with Crippen LogP contribution in [0.15, 0.2) is 24.3 Å². The van der Waals surface area contributed by atoms with Crippen molar-refractivity contribution in [1.29, 1.82) is 0 Å². The van der Waals surface area contributed by atoms with Gasteiger partial charge in [0.25, 0.3) is 0 Å². The minimum atomic E-state index is -1.51. The molecular weight excluding hydrogens is 438 g/mol. The highest BCUT2D eigenvalue weighted by atomic mass is 16.4. The van der Waals surface area contributed by atoms with Crippen molar-refractivity contribution in [3.05, 3.63) is 29.8 Å². The molecule has 0 aliphatic rings. The van der Waals surface area contributed by atoms with E-state index in [4.69, 9.17) is 16.6 Å². The van der Waals surface area contributed by atoms with E-state index in [1.165, 1.54) is 38.1 Å². The van der Waals surface area contributed by atoms with Crippen LogP contribution in [0.2, 0.25) is 0 Å². The predicted molar refractivity (Wildman–Crippen MR) is 114 cm³/mol. The normalized spacial score (nSPS) is 15.3. The maximum Gasteiger partial charge on any atom is 0.325 e. The van der Waals surface area contributed by atoms with Gasteiger partial charge in [-0.3, -0.25) is 24.0 Å². The first kappa shape index (κ1) is 27.3. The van der Waals surface area contributed by atoms with Gasteiger partial charge in [-0.2, -0.15) is 0 Å². The molecule has 13 nitrogen and oxygen atoms in total. The number of phenolic OH excluding ortho intramolecular Hbond substituents is 1. The van der Waals surface area contributed by atoms with Gasteiger partial charge in [-0.15, -0.1) is 0 Å². The number of carbonyl (C=O) groups is 5. The molecule has 10 N–H and O–H groups in total. The quantitative estimate of drug-likeness (QED) is 0.157. The molecule has 4 amide bonds. The summed E-state index contributed by atoms with van der Waals surface area (Å²) in [5, 5.41) is 34.7. The number of carboxylic acids is 1. The number of aliphatic carboxylic acids is 1. The lowest BCUT2D eigenvalue weighted by Gasteiger charge is -2.25. The molecule has 1 aromatic rings. The second-order valence-electron chi connectivity index (χ2n) is 7.50. The van der Waals surface area contributed by atoms with Crippen LogP contribution in [0.1, 0.15) is 25.8 Å². The first-order chi connectivity index (χ1) is 15.3. The van der Waals surface area contributed by atoms with Crippen LogP contribution >= 0.6 is 0 Å². The molecule has 0 bridgehead atoms. The third kappa shape index (κ3) is 9.13. The molecule has 0 heterocycles. The Hall–Kier alpha value is -3.71. The molecule has 0 radical (unpaired) electrons. The van der Waals surface area contributed by atoms with E-state index in [0.29, 0.717) is 5.56 Å². The minimum absolute atomic E-state index is 0.0225. The number of aliphatic hydroxyl groups excluding tert-OH is 1. The smallest absolute Gasteiger partial charge is 0.325 e. The molecule has 1 aromatic carbocycles. The highest BCUT2D eigenvalue weighted by Crippen LogP contribution is 2.12. The maximum absolute atomic E-state index is 12.9. The van der Waals surface area contributed by atoms with E-state index >= 15 is 0 Å². The zero-order chi connectivity index (χ0) is 25.3. The van der Waals surface area contributed by atoms with Gasteiger partial charge in [-0.25, -0.2) is 0 Å². The molecule has 0 fully saturated rings. The van der Waals surface area contributed by atoms with Gasteiger partial charge in [-0.1, -0.05) is 12.1 Å². The molecule has 13 heteroatoms. The number of hydrogen-bond acceptors (Lipinski definition) is 8. The molecule has 182 valence electrons. The highest BCUT2D eigenvalue weighted by molar-refractivity contribution is 5.96. The van der Waals surface area contributed by atoms with Gasteiger partial charge in [0.05, 0.1) is 12.5 Å². The Balaban J connectivity index is 3.10. The number of rotatable bonds is 12. The van der Waals surface area contributed by atoms with Crippen molar-refractivity contribution >= 4 is 29.6 Å². The minimum Gasteiger partial charge on any atom is -0.508 e. The molecule has 0 spiro atoms. The lowest BCUT2D eigenvalue weighted by Crippen LogP contribution is -2.59. The van der Waals surface area contributed by atoms with Crippen LogP contribution in [0.5, 0.6) is 5.75 Å². The Morgan fingerprint density at radius 1 is 0.909 bits per heavy atom. The fourth-order valence-corrected chi connectivity index (χ4v) is 2.62. The number of aliphatic hydroxyl groups is 1. The summed E-state index contributed by atoms with van der Waals surface area (Å²) in [5.74, 6) is -5.00. The SMILES string of the molecule is CC(NC(=O)C(CC(N)=O)NC(=O)C(Cc1ccc(O)cc1)NC(=O)C(N)C(C)O)C(=O)O. The molecular formula is C20H29N5O8. The molecule has 1 rings (SSSR count). The zero-order valence-electron chi connectivity index (χ0n) is 18.1. The fraction of sp³-hybridized carbons (Fsp3) is 0.450. The van der Waals surface area contributed by atoms with Crippen molar-refractivity contribution in [3.63, 3.8) is 0 Å². The number of amides is 4. The van der Waals surface area contributed by atoms with Crippen LogP contribution in [0.25, 0.3) is 0 Å². The Labute approximate surface area is 189 Å². The topological polar surface area (TPSA) is 234 Å². The van der Waals surface area contributed by atoms with E-state index in [9.17, 15) is 34.2 Å².